The summed E-state index contributed by atoms with van der Waals surface area (Å²) in [5, 5.41) is 7.57. The molecule has 2 N–H and O–H groups in total. The Morgan fingerprint density at radius 1 is 1.29 bits per heavy atom. The van der Waals surface area contributed by atoms with Gasteiger partial charge in [-0.05, 0) is 48.4 Å². The number of carbonyl (C=O) groups excluding carboxylic acids is 1. The smallest absolute Gasteiger partial charge is 0.256 e. The molecule has 3 heterocycles. The molecular formula is C16H17N3OS. The molecule has 2 aliphatic rings. The summed E-state index contributed by atoms with van der Waals surface area (Å²) in [6.45, 7) is 2.29. The van der Waals surface area contributed by atoms with Crippen LogP contribution in [0.15, 0.2) is 24.5 Å². The number of carbonyl (C=O) groups is 1. The summed E-state index contributed by atoms with van der Waals surface area (Å²) in [6, 6.07) is 3.86. The first-order valence-electron chi connectivity index (χ1n) is 7.34. The van der Waals surface area contributed by atoms with Crippen LogP contribution >= 0.6 is 11.3 Å². The first-order chi connectivity index (χ1) is 10.2. The third-order valence-electron chi connectivity index (χ3n) is 4.33. The van der Waals surface area contributed by atoms with Crippen molar-refractivity contribution in [2.24, 2.45) is 5.92 Å². The van der Waals surface area contributed by atoms with Crippen molar-refractivity contribution < 1.29 is 4.79 Å². The molecule has 0 aromatic carbocycles. The second-order valence-corrected chi connectivity index (χ2v) is 6.99. The van der Waals surface area contributed by atoms with Crippen LogP contribution in [0.1, 0.15) is 45.9 Å². The van der Waals surface area contributed by atoms with Crippen LogP contribution in [0.2, 0.25) is 0 Å². The van der Waals surface area contributed by atoms with Gasteiger partial charge in [-0.15, -0.1) is 11.3 Å². The van der Waals surface area contributed by atoms with E-state index in [1.54, 1.807) is 23.7 Å². The molecule has 1 aliphatic carbocycles. The molecule has 1 aliphatic heterocycles. The van der Waals surface area contributed by atoms with Gasteiger partial charge in [0, 0.05) is 17.3 Å². The SMILES string of the molecule is C[C@@H]1CCc2c(sc3c2C(=O)N[C@@H](c2ccncc2)N3)C1. The van der Waals surface area contributed by atoms with E-state index < -0.39 is 0 Å². The molecule has 4 rings (SSSR count). The minimum atomic E-state index is -0.162. The van der Waals surface area contributed by atoms with Crippen LogP contribution in [0.5, 0.6) is 0 Å². The fourth-order valence-corrected chi connectivity index (χ4v) is 4.62. The molecule has 0 bridgehead atoms. The van der Waals surface area contributed by atoms with E-state index in [-0.39, 0.29) is 12.1 Å². The Balaban J connectivity index is 1.71. The van der Waals surface area contributed by atoms with Crippen LogP contribution in [0.3, 0.4) is 0 Å². The molecule has 0 unspecified atom stereocenters. The van der Waals surface area contributed by atoms with E-state index in [1.807, 2.05) is 12.1 Å². The molecule has 0 saturated carbocycles. The van der Waals surface area contributed by atoms with Gasteiger partial charge in [0.05, 0.1) is 5.56 Å². The normalized spacial score (nSPS) is 23.8. The van der Waals surface area contributed by atoms with E-state index in [2.05, 4.69) is 22.5 Å². The van der Waals surface area contributed by atoms with Crippen molar-refractivity contribution in [2.45, 2.75) is 32.4 Å². The molecule has 0 radical (unpaired) electrons. The van der Waals surface area contributed by atoms with Gasteiger partial charge in [0.1, 0.15) is 11.2 Å². The number of pyridine rings is 1. The molecule has 2 aromatic heterocycles. The first kappa shape index (κ1) is 12.8. The maximum Gasteiger partial charge on any atom is 0.256 e. The highest BCUT2D eigenvalue weighted by molar-refractivity contribution is 7.16. The first-order valence-corrected chi connectivity index (χ1v) is 8.16. The topological polar surface area (TPSA) is 54.0 Å². The van der Waals surface area contributed by atoms with Gasteiger partial charge >= 0.3 is 0 Å². The minimum absolute atomic E-state index is 0.0533. The highest BCUT2D eigenvalue weighted by atomic mass is 32.1. The number of nitrogens with one attached hydrogen (secondary N) is 2. The van der Waals surface area contributed by atoms with Crippen LogP contribution < -0.4 is 10.6 Å². The molecule has 21 heavy (non-hydrogen) atoms. The lowest BCUT2D eigenvalue weighted by molar-refractivity contribution is 0.0935. The van der Waals surface area contributed by atoms with Gasteiger partial charge < -0.3 is 10.6 Å². The quantitative estimate of drug-likeness (QED) is 0.850. The Hall–Kier alpha value is -1.88. The third kappa shape index (κ3) is 2.12. The Kier molecular flexibility index (Phi) is 2.96. The summed E-state index contributed by atoms with van der Waals surface area (Å²) in [5.41, 5.74) is 3.18. The number of fused-ring (bicyclic) bond motifs is 3. The summed E-state index contributed by atoms with van der Waals surface area (Å²) in [5.74, 6) is 0.772. The molecular weight excluding hydrogens is 282 g/mol. The highest BCUT2D eigenvalue weighted by Gasteiger charge is 2.32. The molecule has 5 heteroatoms. The Morgan fingerprint density at radius 3 is 2.90 bits per heavy atom. The van der Waals surface area contributed by atoms with Crippen LogP contribution in [-0.4, -0.2) is 10.9 Å². The average molecular weight is 299 g/mol. The van der Waals surface area contributed by atoms with Crippen molar-refractivity contribution in [1.29, 1.82) is 0 Å². The second-order valence-electron chi connectivity index (χ2n) is 5.89. The largest absolute Gasteiger partial charge is 0.353 e. The number of thiophene rings is 1. The van der Waals surface area contributed by atoms with Gasteiger partial charge in [-0.25, -0.2) is 0 Å². The van der Waals surface area contributed by atoms with Crippen molar-refractivity contribution in [3.63, 3.8) is 0 Å². The van der Waals surface area contributed by atoms with Gasteiger partial charge in [0.25, 0.3) is 5.91 Å². The lowest BCUT2D eigenvalue weighted by atomic mass is 9.88. The predicted octanol–water partition coefficient (Wildman–Crippen LogP) is 3.12. The van der Waals surface area contributed by atoms with E-state index in [0.717, 1.165) is 34.9 Å². The number of hydrogen-bond donors (Lipinski definition) is 2. The van der Waals surface area contributed by atoms with E-state index in [9.17, 15) is 4.79 Å². The van der Waals surface area contributed by atoms with Crippen molar-refractivity contribution in [3.05, 3.63) is 46.1 Å². The number of hydrogen-bond acceptors (Lipinski definition) is 4. The van der Waals surface area contributed by atoms with Gasteiger partial charge in [-0.2, -0.15) is 0 Å². The summed E-state index contributed by atoms with van der Waals surface area (Å²) in [4.78, 5) is 17.9. The molecule has 0 fully saturated rings. The summed E-state index contributed by atoms with van der Waals surface area (Å²) in [6.07, 6.45) is 6.64. The van der Waals surface area contributed by atoms with E-state index in [0.29, 0.717) is 0 Å². The lowest BCUT2D eigenvalue weighted by Gasteiger charge is -2.26. The van der Waals surface area contributed by atoms with Crippen molar-refractivity contribution in [2.75, 3.05) is 5.32 Å². The molecule has 0 saturated heterocycles. The number of anilines is 1. The Labute approximate surface area is 127 Å². The van der Waals surface area contributed by atoms with Crippen LogP contribution in [-0.2, 0) is 12.8 Å². The molecule has 2 atom stereocenters. The molecule has 2 aromatic rings. The van der Waals surface area contributed by atoms with Gasteiger partial charge in [0.15, 0.2) is 0 Å². The highest BCUT2D eigenvalue weighted by Crippen LogP contribution is 2.42. The maximum absolute atomic E-state index is 12.5. The minimum Gasteiger partial charge on any atom is -0.353 e. The van der Waals surface area contributed by atoms with Gasteiger partial charge in [0.2, 0.25) is 0 Å². The fraction of sp³-hybridized carbons (Fsp3) is 0.375. The molecule has 4 nitrogen and oxygen atoms in total. The maximum atomic E-state index is 12.5. The van der Waals surface area contributed by atoms with Crippen molar-refractivity contribution in [1.82, 2.24) is 10.3 Å². The van der Waals surface area contributed by atoms with Crippen LogP contribution in [0.4, 0.5) is 5.00 Å². The molecule has 0 spiro atoms. The van der Waals surface area contributed by atoms with E-state index in [1.165, 1.54) is 16.9 Å². The summed E-state index contributed by atoms with van der Waals surface area (Å²) >= 11 is 1.76. The van der Waals surface area contributed by atoms with E-state index in [4.69, 9.17) is 0 Å². The predicted molar refractivity (Wildman–Crippen MR) is 83.6 cm³/mol. The Morgan fingerprint density at radius 2 is 2.10 bits per heavy atom. The zero-order chi connectivity index (χ0) is 14.4. The number of nitrogens with zero attached hydrogens (tertiary/aromatic N) is 1. The Bertz CT molecular complexity index is 695. The zero-order valence-electron chi connectivity index (χ0n) is 11.8. The average Bonchev–Trinajstić information content (AvgIpc) is 2.85. The number of amides is 1. The van der Waals surface area contributed by atoms with Crippen molar-refractivity contribution in [3.8, 4) is 0 Å². The van der Waals surface area contributed by atoms with Gasteiger partial charge in [-0.3, -0.25) is 9.78 Å². The zero-order valence-corrected chi connectivity index (χ0v) is 12.7. The van der Waals surface area contributed by atoms with E-state index >= 15 is 0 Å². The second kappa shape index (κ2) is 4.84. The van der Waals surface area contributed by atoms with Gasteiger partial charge in [-0.1, -0.05) is 6.92 Å². The monoisotopic (exact) mass is 299 g/mol. The van der Waals surface area contributed by atoms with Crippen LogP contribution in [0.25, 0.3) is 0 Å². The number of rotatable bonds is 1. The van der Waals surface area contributed by atoms with Crippen molar-refractivity contribution >= 4 is 22.2 Å². The number of aromatic nitrogens is 1. The summed E-state index contributed by atoms with van der Waals surface area (Å²) in [7, 11) is 0. The standard InChI is InChI=1S/C16H17N3OS/c1-9-2-3-11-12(8-9)21-16-13(11)15(20)18-14(19-16)10-4-6-17-7-5-10/h4-7,9,14,19H,2-3,8H2,1H3,(H,18,20)/t9-,14-/m1/s1. The lowest BCUT2D eigenvalue weighted by Crippen LogP contribution is -2.38. The third-order valence-corrected chi connectivity index (χ3v) is 5.51. The molecule has 108 valence electrons. The summed E-state index contributed by atoms with van der Waals surface area (Å²) < 4.78 is 0. The molecule has 1 amide bonds. The van der Waals surface area contributed by atoms with Crippen LogP contribution in [0, 0.1) is 5.92 Å². The fourth-order valence-electron chi connectivity index (χ4n) is 3.19.